The number of carbonyl (C=O) groups excluding carboxylic acids is 1. The van der Waals surface area contributed by atoms with E-state index in [0.717, 1.165) is 11.1 Å². The van der Waals surface area contributed by atoms with Gasteiger partial charge in [-0.25, -0.2) is 13.6 Å². The lowest BCUT2D eigenvalue weighted by Gasteiger charge is -2.07. The van der Waals surface area contributed by atoms with Crippen molar-refractivity contribution in [1.29, 1.82) is 0 Å². The molecule has 0 aliphatic heterocycles. The van der Waals surface area contributed by atoms with Crippen molar-refractivity contribution in [3.8, 4) is 0 Å². The van der Waals surface area contributed by atoms with E-state index in [2.05, 4.69) is 34.8 Å². The predicted molar refractivity (Wildman–Crippen MR) is 82.7 cm³/mol. The lowest BCUT2D eigenvalue weighted by Crippen LogP contribution is -2.31. The predicted octanol–water partition coefficient (Wildman–Crippen LogP) is 3.13. The molecule has 1 fully saturated rings. The molecular formula is C16H18F2N4O. The second-order valence-corrected chi connectivity index (χ2v) is 5.72. The zero-order chi connectivity index (χ0) is 16.4. The fraction of sp³-hybridized carbons (Fsp3) is 0.375. The number of nitrogens with zero attached hydrogens (tertiary/aromatic N) is 2. The summed E-state index contributed by atoms with van der Waals surface area (Å²) in [7, 11) is 0. The molecule has 0 bridgehead atoms. The highest BCUT2D eigenvalue weighted by molar-refractivity contribution is 5.88. The Bertz CT molecular complexity index is 701. The number of carbonyl (C=O) groups is 1. The molecular weight excluding hydrogens is 302 g/mol. The summed E-state index contributed by atoms with van der Waals surface area (Å²) >= 11 is 0. The average molecular weight is 320 g/mol. The Labute approximate surface area is 132 Å². The molecule has 2 N–H and O–H groups in total. The van der Waals surface area contributed by atoms with Crippen molar-refractivity contribution in [3.05, 3.63) is 47.7 Å². The van der Waals surface area contributed by atoms with E-state index in [0.29, 0.717) is 5.92 Å². The molecule has 7 heteroatoms. The van der Waals surface area contributed by atoms with Crippen LogP contribution >= 0.6 is 0 Å². The fourth-order valence-electron chi connectivity index (χ4n) is 2.69. The fourth-order valence-corrected chi connectivity index (χ4v) is 2.69. The zero-order valence-corrected chi connectivity index (χ0v) is 12.7. The highest BCUT2D eigenvalue weighted by Gasteiger charge is 2.40. The van der Waals surface area contributed by atoms with E-state index >= 15 is 0 Å². The summed E-state index contributed by atoms with van der Waals surface area (Å²) in [4.78, 5) is 11.9. The van der Waals surface area contributed by atoms with Gasteiger partial charge in [0.15, 0.2) is 5.82 Å². The number of hydrogen-bond acceptors (Lipinski definition) is 2. The van der Waals surface area contributed by atoms with Crippen molar-refractivity contribution in [2.24, 2.45) is 0 Å². The summed E-state index contributed by atoms with van der Waals surface area (Å²) in [6, 6.07) is 9.34. The standard InChI is InChI=1S/C16H18F2N4O/c1-10-4-2-3-5-11(10)12-8-13(12)19-16(23)20-15-6-7-22(21-15)9-14(17)18/h2-7,12-14H,8-9H2,1H3,(H2,19,20,21,23)/t12-,13+/m0/s1. The summed E-state index contributed by atoms with van der Waals surface area (Å²) in [6.07, 6.45) is -0.162. The maximum atomic E-state index is 12.2. The van der Waals surface area contributed by atoms with Gasteiger partial charge in [-0.2, -0.15) is 5.10 Å². The minimum atomic E-state index is -2.47. The molecule has 3 rings (SSSR count). The van der Waals surface area contributed by atoms with Crippen LogP contribution < -0.4 is 10.6 Å². The van der Waals surface area contributed by atoms with Crippen molar-refractivity contribution in [2.45, 2.75) is 38.3 Å². The van der Waals surface area contributed by atoms with Crippen LogP contribution in [-0.4, -0.2) is 28.3 Å². The van der Waals surface area contributed by atoms with E-state index in [9.17, 15) is 13.6 Å². The molecule has 1 aromatic carbocycles. The van der Waals surface area contributed by atoms with Crippen LogP contribution in [-0.2, 0) is 6.54 Å². The van der Waals surface area contributed by atoms with Gasteiger partial charge in [-0.15, -0.1) is 0 Å². The van der Waals surface area contributed by atoms with E-state index in [4.69, 9.17) is 0 Å². The first-order valence-corrected chi connectivity index (χ1v) is 7.47. The SMILES string of the molecule is Cc1ccccc1[C@@H]1C[C@H]1NC(=O)Nc1ccn(CC(F)F)n1. The molecule has 1 aliphatic rings. The third-order valence-corrected chi connectivity index (χ3v) is 3.90. The largest absolute Gasteiger partial charge is 0.334 e. The number of benzene rings is 1. The molecule has 2 amide bonds. The molecule has 5 nitrogen and oxygen atoms in total. The van der Waals surface area contributed by atoms with E-state index in [1.54, 1.807) is 0 Å². The van der Waals surface area contributed by atoms with Crippen LogP contribution in [0.4, 0.5) is 19.4 Å². The second kappa shape index (κ2) is 6.36. The second-order valence-electron chi connectivity index (χ2n) is 5.72. The van der Waals surface area contributed by atoms with Gasteiger partial charge in [0.25, 0.3) is 6.43 Å². The van der Waals surface area contributed by atoms with Gasteiger partial charge < -0.3 is 5.32 Å². The Morgan fingerprint density at radius 2 is 2.17 bits per heavy atom. The monoisotopic (exact) mass is 320 g/mol. The Morgan fingerprint density at radius 1 is 1.39 bits per heavy atom. The number of alkyl halides is 2. The van der Waals surface area contributed by atoms with E-state index in [1.165, 1.54) is 23.4 Å². The number of nitrogens with one attached hydrogen (secondary N) is 2. The van der Waals surface area contributed by atoms with Crippen molar-refractivity contribution in [1.82, 2.24) is 15.1 Å². The molecule has 1 aliphatic carbocycles. The molecule has 1 aromatic heterocycles. The number of hydrogen-bond donors (Lipinski definition) is 2. The number of aryl methyl sites for hydroxylation is 1. The normalized spacial score (nSPS) is 19.7. The number of amides is 2. The van der Waals surface area contributed by atoms with Crippen molar-refractivity contribution in [3.63, 3.8) is 0 Å². The van der Waals surface area contributed by atoms with Gasteiger partial charge in [-0.3, -0.25) is 10.00 Å². The molecule has 0 saturated heterocycles. The number of rotatable bonds is 5. The van der Waals surface area contributed by atoms with Crippen LogP contribution in [0.1, 0.15) is 23.5 Å². The van der Waals surface area contributed by atoms with Gasteiger partial charge in [-0.1, -0.05) is 24.3 Å². The van der Waals surface area contributed by atoms with Gasteiger partial charge in [0.2, 0.25) is 0 Å². The minimum absolute atomic E-state index is 0.0965. The topological polar surface area (TPSA) is 59.0 Å². The van der Waals surface area contributed by atoms with Gasteiger partial charge >= 0.3 is 6.03 Å². The minimum Gasteiger partial charge on any atom is -0.334 e. The molecule has 1 heterocycles. The Hall–Kier alpha value is -2.44. The first-order chi connectivity index (χ1) is 11.0. The lowest BCUT2D eigenvalue weighted by molar-refractivity contribution is 0.122. The molecule has 0 radical (unpaired) electrons. The Balaban J connectivity index is 1.51. The van der Waals surface area contributed by atoms with Crippen molar-refractivity contribution >= 4 is 11.8 Å². The Morgan fingerprint density at radius 3 is 2.91 bits per heavy atom. The maximum Gasteiger partial charge on any atom is 0.320 e. The average Bonchev–Trinajstić information content (AvgIpc) is 3.09. The number of urea groups is 1. The lowest BCUT2D eigenvalue weighted by atomic mass is 10.0. The maximum absolute atomic E-state index is 12.2. The third kappa shape index (κ3) is 3.85. The van der Waals surface area contributed by atoms with Gasteiger partial charge in [-0.05, 0) is 24.5 Å². The highest BCUT2D eigenvalue weighted by atomic mass is 19.3. The summed E-state index contributed by atoms with van der Waals surface area (Å²) in [5, 5.41) is 9.32. The van der Waals surface area contributed by atoms with Crippen molar-refractivity contribution < 1.29 is 13.6 Å². The molecule has 23 heavy (non-hydrogen) atoms. The highest BCUT2D eigenvalue weighted by Crippen LogP contribution is 2.42. The van der Waals surface area contributed by atoms with Gasteiger partial charge in [0, 0.05) is 24.2 Å². The molecule has 2 atom stereocenters. The summed E-state index contributed by atoms with van der Waals surface area (Å²) < 4.78 is 25.6. The number of aromatic nitrogens is 2. The Kier molecular flexibility index (Phi) is 4.27. The zero-order valence-electron chi connectivity index (χ0n) is 12.7. The summed E-state index contributed by atoms with van der Waals surface area (Å²) in [5.74, 6) is 0.592. The summed E-state index contributed by atoms with van der Waals surface area (Å²) in [5.41, 5.74) is 2.46. The van der Waals surface area contributed by atoms with Crippen LogP contribution in [0.5, 0.6) is 0 Å². The van der Waals surface area contributed by atoms with E-state index in [1.807, 2.05) is 12.1 Å². The summed E-state index contributed by atoms with van der Waals surface area (Å²) in [6.45, 7) is 1.57. The van der Waals surface area contributed by atoms with Crippen LogP contribution in [0.2, 0.25) is 0 Å². The quantitative estimate of drug-likeness (QED) is 0.889. The molecule has 0 unspecified atom stereocenters. The van der Waals surface area contributed by atoms with Crippen molar-refractivity contribution in [2.75, 3.05) is 5.32 Å². The number of halogens is 2. The van der Waals surface area contributed by atoms with Crippen LogP contribution in [0.3, 0.4) is 0 Å². The number of anilines is 1. The van der Waals surface area contributed by atoms with Gasteiger partial charge in [0.1, 0.15) is 6.54 Å². The van der Waals surface area contributed by atoms with Crippen LogP contribution in [0, 0.1) is 6.92 Å². The first kappa shape index (κ1) is 15.5. The molecule has 0 spiro atoms. The third-order valence-electron chi connectivity index (χ3n) is 3.90. The van der Waals surface area contributed by atoms with E-state index < -0.39 is 13.0 Å². The molecule has 1 saturated carbocycles. The smallest absolute Gasteiger partial charge is 0.320 e. The molecule has 2 aromatic rings. The molecule has 122 valence electrons. The van der Waals surface area contributed by atoms with Crippen LogP contribution in [0.25, 0.3) is 0 Å². The van der Waals surface area contributed by atoms with Gasteiger partial charge in [0.05, 0.1) is 0 Å². The van der Waals surface area contributed by atoms with E-state index in [-0.39, 0.29) is 17.9 Å². The first-order valence-electron chi connectivity index (χ1n) is 7.47. The van der Waals surface area contributed by atoms with Crippen LogP contribution in [0.15, 0.2) is 36.5 Å².